The number of aromatic nitrogens is 3. The molecule has 0 aliphatic carbocycles. The van der Waals surface area contributed by atoms with Crippen molar-refractivity contribution in [2.75, 3.05) is 0 Å². The first-order valence-corrected chi connectivity index (χ1v) is 6.57. The summed E-state index contributed by atoms with van der Waals surface area (Å²) < 4.78 is 16.8. The van der Waals surface area contributed by atoms with E-state index in [1.165, 1.54) is 19.2 Å². The van der Waals surface area contributed by atoms with E-state index in [0.717, 1.165) is 10.1 Å². The number of nitrogens with zero attached hydrogens (tertiary/aromatic N) is 3. The van der Waals surface area contributed by atoms with E-state index >= 15 is 0 Å². The second-order valence-electron chi connectivity index (χ2n) is 4.85. The maximum absolute atomic E-state index is 14.1. The summed E-state index contributed by atoms with van der Waals surface area (Å²) in [6, 6.07) is 12.7. The van der Waals surface area contributed by atoms with E-state index in [0.29, 0.717) is 17.7 Å². The first kappa shape index (κ1) is 13.3. The van der Waals surface area contributed by atoms with E-state index < -0.39 is 5.95 Å². The number of benzene rings is 1. The van der Waals surface area contributed by atoms with E-state index in [1.807, 2.05) is 30.3 Å². The van der Waals surface area contributed by atoms with Crippen LogP contribution in [0.4, 0.5) is 4.39 Å². The molecule has 3 rings (SSSR count). The number of hydrogen-bond acceptors (Lipinski definition) is 2. The van der Waals surface area contributed by atoms with E-state index in [4.69, 9.17) is 0 Å². The Hall–Kier alpha value is -2.69. The molecule has 0 N–H and O–H groups in total. The molecule has 0 fully saturated rings. The fraction of sp³-hybridized carbons (Fsp3) is 0.125. The molecule has 0 spiro atoms. The van der Waals surface area contributed by atoms with E-state index in [9.17, 15) is 9.18 Å². The van der Waals surface area contributed by atoms with Crippen molar-refractivity contribution in [2.24, 2.45) is 7.05 Å². The highest BCUT2D eigenvalue weighted by molar-refractivity contribution is 5.61. The fourth-order valence-corrected chi connectivity index (χ4v) is 2.19. The summed E-state index contributed by atoms with van der Waals surface area (Å²) in [4.78, 5) is 11.4. The van der Waals surface area contributed by atoms with Crippen molar-refractivity contribution in [1.29, 1.82) is 0 Å². The zero-order chi connectivity index (χ0) is 14.8. The molecule has 1 aromatic carbocycles. The van der Waals surface area contributed by atoms with Crippen LogP contribution in [0.5, 0.6) is 0 Å². The van der Waals surface area contributed by atoms with Gasteiger partial charge in [-0.25, -0.2) is 0 Å². The molecule has 0 atom stereocenters. The molecule has 2 heterocycles. The van der Waals surface area contributed by atoms with Gasteiger partial charge in [0, 0.05) is 30.4 Å². The van der Waals surface area contributed by atoms with Crippen LogP contribution in [0.25, 0.3) is 11.1 Å². The Labute approximate surface area is 121 Å². The number of pyridine rings is 1. The molecule has 0 unspecified atom stereocenters. The van der Waals surface area contributed by atoms with Crippen molar-refractivity contribution in [3.05, 3.63) is 76.7 Å². The average Bonchev–Trinajstić information content (AvgIpc) is 2.94. The molecule has 0 radical (unpaired) electrons. The first-order chi connectivity index (χ1) is 10.1. The molecule has 0 aliphatic heterocycles. The molecule has 21 heavy (non-hydrogen) atoms. The van der Waals surface area contributed by atoms with E-state index in [1.54, 1.807) is 17.1 Å². The Kier molecular flexibility index (Phi) is 3.39. The largest absolute Gasteiger partial charge is 0.288 e. The number of rotatable bonds is 3. The monoisotopic (exact) mass is 283 g/mol. The van der Waals surface area contributed by atoms with Crippen molar-refractivity contribution in [3.63, 3.8) is 0 Å². The Morgan fingerprint density at radius 2 is 1.90 bits per heavy atom. The molecule has 4 nitrogen and oxygen atoms in total. The third kappa shape index (κ3) is 2.63. The molecule has 0 bridgehead atoms. The molecule has 5 heteroatoms. The SMILES string of the molecule is Cn1c(F)c(-c2cnn(Cc3ccccc3)c2)ccc1=O. The summed E-state index contributed by atoms with van der Waals surface area (Å²) in [6.45, 7) is 0.619. The maximum Gasteiger partial charge on any atom is 0.252 e. The molecule has 3 aromatic rings. The molecular formula is C16H14FN3O. The van der Waals surface area contributed by atoms with Gasteiger partial charge in [0.25, 0.3) is 5.56 Å². The maximum atomic E-state index is 14.1. The number of hydrogen-bond donors (Lipinski definition) is 0. The van der Waals surface area contributed by atoms with Gasteiger partial charge >= 0.3 is 0 Å². The zero-order valence-electron chi connectivity index (χ0n) is 11.5. The van der Waals surface area contributed by atoms with Crippen LogP contribution in [0.1, 0.15) is 5.56 Å². The van der Waals surface area contributed by atoms with Gasteiger partial charge in [0.1, 0.15) is 0 Å². The molecule has 2 aromatic heterocycles. The summed E-state index contributed by atoms with van der Waals surface area (Å²) in [5, 5.41) is 4.24. The van der Waals surface area contributed by atoms with Gasteiger partial charge in [-0.2, -0.15) is 9.49 Å². The molecule has 0 saturated heterocycles. The average molecular weight is 283 g/mol. The Balaban J connectivity index is 1.92. The third-order valence-electron chi connectivity index (χ3n) is 3.37. The van der Waals surface area contributed by atoms with Gasteiger partial charge in [0.2, 0.25) is 5.95 Å². The molecule has 0 saturated carbocycles. The smallest absolute Gasteiger partial charge is 0.252 e. The lowest BCUT2D eigenvalue weighted by Gasteiger charge is -2.04. The number of halogens is 1. The molecule has 106 valence electrons. The highest BCUT2D eigenvalue weighted by atomic mass is 19.1. The molecular weight excluding hydrogens is 269 g/mol. The molecule has 0 amide bonds. The normalized spacial score (nSPS) is 10.8. The van der Waals surface area contributed by atoms with Gasteiger partial charge in [-0.1, -0.05) is 30.3 Å². The van der Waals surface area contributed by atoms with Gasteiger partial charge in [-0.05, 0) is 11.6 Å². The lowest BCUT2D eigenvalue weighted by Crippen LogP contribution is -2.18. The minimum atomic E-state index is -0.554. The van der Waals surface area contributed by atoms with Crippen LogP contribution in [0, 0.1) is 5.95 Å². The highest BCUT2D eigenvalue weighted by Crippen LogP contribution is 2.20. The van der Waals surface area contributed by atoms with Crippen LogP contribution >= 0.6 is 0 Å². The van der Waals surface area contributed by atoms with Crippen molar-refractivity contribution < 1.29 is 4.39 Å². The first-order valence-electron chi connectivity index (χ1n) is 6.57. The standard InChI is InChI=1S/C16H14FN3O/c1-19-15(21)8-7-14(16(19)17)13-9-18-20(11-13)10-12-5-3-2-4-6-12/h2-9,11H,10H2,1H3. The lowest BCUT2D eigenvalue weighted by atomic mass is 10.1. The van der Waals surface area contributed by atoms with Gasteiger partial charge in [-0.3, -0.25) is 14.0 Å². The fourth-order valence-electron chi connectivity index (χ4n) is 2.19. The zero-order valence-corrected chi connectivity index (χ0v) is 11.5. The summed E-state index contributed by atoms with van der Waals surface area (Å²) in [5.74, 6) is -0.554. The molecule has 0 aliphatic rings. The van der Waals surface area contributed by atoms with Crippen LogP contribution in [-0.4, -0.2) is 14.3 Å². The van der Waals surface area contributed by atoms with Crippen molar-refractivity contribution in [3.8, 4) is 11.1 Å². The third-order valence-corrected chi connectivity index (χ3v) is 3.37. The Morgan fingerprint density at radius 1 is 1.14 bits per heavy atom. The van der Waals surface area contributed by atoms with Crippen molar-refractivity contribution in [2.45, 2.75) is 6.54 Å². The predicted octanol–water partition coefficient (Wildman–Crippen LogP) is 2.44. The van der Waals surface area contributed by atoms with Crippen LogP contribution in [-0.2, 0) is 13.6 Å². The van der Waals surface area contributed by atoms with Gasteiger partial charge in [0.05, 0.1) is 12.7 Å². The van der Waals surface area contributed by atoms with Crippen LogP contribution in [0.3, 0.4) is 0 Å². The van der Waals surface area contributed by atoms with Crippen LogP contribution in [0.2, 0.25) is 0 Å². The summed E-state index contributed by atoms with van der Waals surface area (Å²) in [5.41, 5.74) is 1.77. The van der Waals surface area contributed by atoms with Gasteiger partial charge < -0.3 is 0 Å². The van der Waals surface area contributed by atoms with E-state index in [2.05, 4.69) is 5.10 Å². The summed E-state index contributed by atoms with van der Waals surface area (Å²) >= 11 is 0. The van der Waals surface area contributed by atoms with Gasteiger partial charge in [0.15, 0.2) is 0 Å². The minimum absolute atomic E-state index is 0.368. The van der Waals surface area contributed by atoms with Crippen molar-refractivity contribution in [1.82, 2.24) is 14.3 Å². The summed E-state index contributed by atoms with van der Waals surface area (Å²) in [6.07, 6.45) is 3.38. The second kappa shape index (κ2) is 5.36. The Morgan fingerprint density at radius 3 is 2.67 bits per heavy atom. The quantitative estimate of drug-likeness (QED) is 0.693. The van der Waals surface area contributed by atoms with Crippen LogP contribution in [0.15, 0.2) is 59.7 Å². The second-order valence-corrected chi connectivity index (χ2v) is 4.85. The highest BCUT2D eigenvalue weighted by Gasteiger charge is 2.11. The lowest BCUT2D eigenvalue weighted by molar-refractivity contribution is 0.519. The minimum Gasteiger partial charge on any atom is -0.288 e. The van der Waals surface area contributed by atoms with Crippen molar-refractivity contribution >= 4 is 0 Å². The van der Waals surface area contributed by atoms with Gasteiger partial charge in [-0.15, -0.1) is 0 Å². The predicted molar refractivity (Wildman–Crippen MR) is 78.4 cm³/mol. The van der Waals surface area contributed by atoms with Crippen LogP contribution < -0.4 is 5.56 Å². The summed E-state index contributed by atoms with van der Waals surface area (Å²) in [7, 11) is 1.41. The topological polar surface area (TPSA) is 39.8 Å². The Bertz CT molecular complexity index is 821. The van der Waals surface area contributed by atoms with E-state index in [-0.39, 0.29) is 5.56 Å².